The average molecular weight is 287 g/mol. The SMILES string of the molecule is COc1ccc2ccccc2c1CNCC1(O)CCOC1. The first kappa shape index (κ1) is 14.3. The van der Waals surface area contributed by atoms with Gasteiger partial charge in [-0.3, -0.25) is 0 Å². The lowest BCUT2D eigenvalue weighted by molar-refractivity contribution is 0.0268. The van der Waals surface area contributed by atoms with Crippen molar-refractivity contribution in [2.75, 3.05) is 26.9 Å². The zero-order valence-corrected chi connectivity index (χ0v) is 12.3. The maximum absolute atomic E-state index is 10.3. The molecule has 0 bridgehead atoms. The number of nitrogens with one attached hydrogen (secondary N) is 1. The number of methoxy groups -OCH3 is 1. The third-order valence-corrected chi connectivity index (χ3v) is 4.06. The zero-order chi connectivity index (χ0) is 14.7. The standard InChI is InChI=1S/C17H21NO3/c1-20-16-7-6-13-4-2-3-5-14(13)15(16)10-18-11-17(19)8-9-21-12-17/h2-7,18-19H,8-12H2,1H3. The van der Waals surface area contributed by atoms with Crippen molar-refractivity contribution in [2.45, 2.75) is 18.6 Å². The third-order valence-electron chi connectivity index (χ3n) is 4.06. The van der Waals surface area contributed by atoms with Gasteiger partial charge in [0, 0.05) is 31.7 Å². The molecule has 1 atom stereocenters. The summed E-state index contributed by atoms with van der Waals surface area (Å²) in [6.45, 7) is 2.23. The Bertz CT molecular complexity index is 620. The first-order valence-corrected chi connectivity index (χ1v) is 7.27. The van der Waals surface area contributed by atoms with Crippen molar-refractivity contribution in [1.29, 1.82) is 0 Å². The van der Waals surface area contributed by atoms with Crippen LogP contribution in [0.4, 0.5) is 0 Å². The van der Waals surface area contributed by atoms with Gasteiger partial charge in [-0.2, -0.15) is 0 Å². The van der Waals surface area contributed by atoms with Crippen LogP contribution in [0.15, 0.2) is 36.4 Å². The van der Waals surface area contributed by atoms with Crippen molar-refractivity contribution in [1.82, 2.24) is 5.32 Å². The van der Waals surface area contributed by atoms with Gasteiger partial charge in [-0.05, 0) is 16.8 Å². The Morgan fingerprint density at radius 2 is 2.14 bits per heavy atom. The Kier molecular flexibility index (Phi) is 4.10. The van der Waals surface area contributed by atoms with Gasteiger partial charge in [0.25, 0.3) is 0 Å². The maximum Gasteiger partial charge on any atom is 0.123 e. The Morgan fingerprint density at radius 3 is 2.90 bits per heavy atom. The van der Waals surface area contributed by atoms with Gasteiger partial charge in [-0.25, -0.2) is 0 Å². The number of hydrogen-bond acceptors (Lipinski definition) is 4. The maximum atomic E-state index is 10.3. The number of fused-ring (bicyclic) bond motifs is 1. The minimum atomic E-state index is -0.738. The summed E-state index contributed by atoms with van der Waals surface area (Å²) < 4.78 is 10.7. The second-order valence-corrected chi connectivity index (χ2v) is 5.60. The molecule has 0 radical (unpaired) electrons. The fraction of sp³-hybridized carbons (Fsp3) is 0.412. The van der Waals surface area contributed by atoms with Gasteiger partial charge in [0.15, 0.2) is 0 Å². The highest BCUT2D eigenvalue weighted by Crippen LogP contribution is 2.28. The van der Waals surface area contributed by atoms with E-state index < -0.39 is 5.60 Å². The van der Waals surface area contributed by atoms with Crippen LogP contribution in [-0.4, -0.2) is 37.6 Å². The molecule has 0 aromatic heterocycles. The van der Waals surface area contributed by atoms with Crippen LogP contribution in [0, 0.1) is 0 Å². The fourth-order valence-corrected chi connectivity index (χ4v) is 2.85. The lowest BCUT2D eigenvalue weighted by atomic mass is 10.0. The summed E-state index contributed by atoms with van der Waals surface area (Å²) in [5, 5.41) is 16.0. The van der Waals surface area contributed by atoms with Crippen LogP contribution in [0.25, 0.3) is 10.8 Å². The molecule has 0 aliphatic carbocycles. The molecule has 112 valence electrons. The Hall–Kier alpha value is -1.62. The van der Waals surface area contributed by atoms with Crippen molar-refractivity contribution in [3.63, 3.8) is 0 Å². The molecule has 1 saturated heterocycles. The van der Waals surface area contributed by atoms with Crippen molar-refractivity contribution in [3.8, 4) is 5.75 Å². The molecule has 1 heterocycles. The van der Waals surface area contributed by atoms with E-state index in [1.54, 1.807) is 7.11 Å². The molecule has 1 unspecified atom stereocenters. The molecule has 2 aromatic carbocycles. The Balaban J connectivity index is 1.79. The fourth-order valence-electron chi connectivity index (χ4n) is 2.85. The van der Waals surface area contributed by atoms with Crippen LogP contribution in [0.1, 0.15) is 12.0 Å². The molecule has 3 rings (SSSR count). The van der Waals surface area contributed by atoms with E-state index in [-0.39, 0.29) is 0 Å². The van der Waals surface area contributed by atoms with E-state index in [4.69, 9.17) is 9.47 Å². The topological polar surface area (TPSA) is 50.7 Å². The number of hydrogen-bond donors (Lipinski definition) is 2. The van der Waals surface area contributed by atoms with Gasteiger partial charge in [-0.1, -0.05) is 30.3 Å². The van der Waals surface area contributed by atoms with E-state index in [0.717, 1.165) is 11.3 Å². The molecule has 21 heavy (non-hydrogen) atoms. The van der Waals surface area contributed by atoms with Crippen LogP contribution in [0.2, 0.25) is 0 Å². The van der Waals surface area contributed by atoms with E-state index >= 15 is 0 Å². The summed E-state index contributed by atoms with van der Waals surface area (Å²) in [7, 11) is 1.69. The molecule has 0 amide bonds. The summed E-state index contributed by atoms with van der Waals surface area (Å²) in [4.78, 5) is 0. The molecule has 1 fully saturated rings. The smallest absolute Gasteiger partial charge is 0.123 e. The van der Waals surface area contributed by atoms with Crippen molar-refractivity contribution in [2.24, 2.45) is 0 Å². The predicted molar refractivity (Wildman–Crippen MR) is 82.6 cm³/mol. The summed E-state index contributed by atoms with van der Waals surface area (Å²) in [5.41, 5.74) is 0.385. The molecule has 2 aromatic rings. The second kappa shape index (κ2) is 6.02. The van der Waals surface area contributed by atoms with Crippen LogP contribution in [-0.2, 0) is 11.3 Å². The highest BCUT2D eigenvalue weighted by Gasteiger charge is 2.31. The summed E-state index contributed by atoms with van der Waals surface area (Å²) in [6.07, 6.45) is 0.687. The number of rotatable bonds is 5. The molecule has 0 saturated carbocycles. The second-order valence-electron chi connectivity index (χ2n) is 5.60. The van der Waals surface area contributed by atoms with Gasteiger partial charge < -0.3 is 19.9 Å². The normalized spacial score (nSPS) is 21.8. The first-order valence-electron chi connectivity index (χ1n) is 7.27. The zero-order valence-electron chi connectivity index (χ0n) is 12.3. The van der Waals surface area contributed by atoms with Gasteiger partial charge in [0.2, 0.25) is 0 Å². The van der Waals surface area contributed by atoms with Crippen molar-refractivity contribution < 1.29 is 14.6 Å². The first-order chi connectivity index (χ1) is 10.2. The van der Waals surface area contributed by atoms with Crippen molar-refractivity contribution >= 4 is 10.8 Å². The Labute approximate surface area is 124 Å². The largest absolute Gasteiger partial charge is 0.496 e. The van der Waals surface area contributed by atoms with Gasteiger partial charge in [0.05, 0.1) is 13.7 Å². The Morgan fingerprint density at radius 1 is 1.29 bits per heavy atom. The van der Waals surface area contributed by atoms with Crippen molar-refractivity contribution in [3.05, 3.63) is 42.0 Å². The lowest BCUT2D eigenvalue weighted by Crippen LogP contribution is -2.40. The molecule has 1 aliphatic rings. The molecule has 1 aliphatic heterocycles. The van der Waals surface area contributed by atoms with Crippen LogP contribution in [0.5, 0.6) is 5.75 Å². The van der Waals surface area contributed by atoms with Gasteiger partial charge >= 0.3 is 0 Å². The van der Waals surface area contributed by atoms with Crippen LogP contribution in [0.3, 0.4) is 0 Å². The van der Waals surface area contributed by atoms with E-state index in [1.807, 2.05) is 18.2 Å². The average Bonchev–Trinajstić information content (AvgIpc) is 2.94. The third kappa shape index (κ3) is 3.02. The number of aliphatic hydroxyl groups is 1. The number of benzene rings is 2. The van der Waals surface area contributed by atoms with E-state index in [9.17, 15) is 5.11 Å². The van der Waals surface area contributed by atoms with E-state index in [2.05, 4.69) is 23.5 Å². The number of ether oxygens (including phenoxy) is 2. The van der Waals surface area contributed by atoms with Crippen LogP contribution >= 0.6 is 0 Å². The minimum Gasteiger partial charge on any atom is -0.496 e. The molecule has 4 heteroatoms. The quantitative estimate of drug-likeness (QED) is 0.884. The summed E-state index contributed by atoms with van der Waals surface area (Å²) >= 11 is 0. The van der Waals surface area contributed by atoms with E-state index in [1.165, 1.54) is 10.8 Å². The molecule has 2 N–H and O–H groups in total. The predicted octanol–water partition coefficient (Wildman–Crippen LogP) is 2.09. The monoisotopic (exact) mass is 287 g/mol. The molecule has 4 nitrogen and oxygen atoms in total. The van der Waals surface area contributed by atoms with Gasteiger partial charge in [-0.15, -0.1) is 0 Å². The summed E-state index contributed by atoms with van der Waals surface area (Å²) in [6, 6.07) is 12.3. The van der Waals surface area contributed by atoms with Gasteiger partial charge in [0.1, 0.15) is 11.4 Å². The minimum absolute atomic E-state index is 0.409. The van der Waals surface area contributed by atoms with E-state index in [0.29, 0.717) is 32.7 Å². The lowest BCUT2D eigenvalue weighted by Gasteiger charge is -2.21. The highest BCUT2D eigenvalue weighted by molar-refractivity contribution is 5.87. The molecular weight excluding hydrogens is 266 g/mol. The molecular formula is C17H21NO3. The molecule has 0 spiro atoms. The van der Waals surface area contributed by atoms with Crippen LogP contribution < -0.4 is 10.1 Å². The highest BCUT2D eigenvalue weighted by atomic mass is 16.5. The summed E-state index contributed by atoms with van der Waals surface area (Å²) in [5.74, 6) is 0.871.